The summed E-state index contributed by atoms with van der Waals surface area (Å²) in [6, 6.07) is 19.9. The average Bonchev–Trinajstić information content (AvgIpc) is 3.21. The quantitative estimate of drug-likeness (QED) is 0.228. The van der Waals surface area contributed by atoms with Crippen molar-refractivity contribution in [1.82, 2.24) is 4.57 Å². The summed E-state index contributed by atoms with van der Waals surface area (Å²) >= 11 is 6.46. The normalized spacial score (nSPS) is 11.3. The van der Waals surface area contributed by atoms with Gasteiger partial charge in [-0.15, -0.1) is 0 Å². The van der Waals surface area contributed by atoms with Crippen LogP contribution in [0.4, 0.5) is 5.69 Å². The van der Waals surface area contributed by atoms with Gasteiger partial charge in [0.1, 0.15) is 11.5 Å². The van der Waals surface area contributed by atoms with Crippen LogP contribution < -0.4 is 16.2 Å². The molecule has 1 amide bonds. The minimum absolute atomic E-state index is 0.0195. The highest BCUT2D eigenvalue weighted by Gasteiger charge is 2.18. The number of halogens is 1. The first kappa shape index (κ1) is 24.2. The van der Waals surface area contributed by atoms with Crippen molar-refractivity contribution in [3.63, 3.8) is 0 Å². The molecule has 1 heterocycles. The molecule has 4 aromatic rings. The number of carbonyl (C=O) groups excluding carboxylic acids is 1. The van der Waals surface area contributed by atoms with Gasteiger partial charge in [-0.25, -0.2) is 13.6 Å². The molecule has 6 N–H and O–H groups in total. The molecule has 4 rings (SSSR count). The fourth-order valence-corrected chi connectivity index (χ4v) is 4.72. The van der Waals surface area contributed by atoms with Crippen LogP contribution in [0.5, 0.6) is 0 Å². The van der Waals surface area contributed by atoms with Crippen LogP contribution in [-0.4, -0.2) is 24.7 Å². The second-order valence-electron chi connectivity index (χ2n) is 7.93. The van der Waals surface area contributed by atoms with Crippen molar-refractivity contribution in [2.75, 3.05) is 5.32 Å². The molecule has 0 saturated heterocycles. The minimum Gasteiger partial charge on any atom is -0.384 e. The van der Waals surface area contributed by atoms with Crippen LogP contribution >= 0.6 is 11.6 Å². The molecule has 10 heteroatoms. The third-order valence-corrected chi connectivity index (χ3v) is 6.63. The second kappa shape index (κ2) is 9.38. The minimum atomic E-state index is -3.93. The predicted octanol–water partition coefficient (Wildman–Crippen LogP) is 4.29. The Labute approximate surface area is 207 Å². The Morgan fingerprint density at radius 1 is 1.03 bits per heavy atom. The number of anilines is 1. The lowest BCUT2D eigenvalue weighted by Gasteiger charge is -2.13. The summed E-state index contributed by atoms with van der Waals surface area (Å²) in [6.07, 6.45) is 1.81. The first-order valence-corrected chi connectivity index (χ1v) is 12.3. The number of aryl methyl sites for hydroxylation is 1. The molecule has 0 fully saturated rings. The van der Waals surface area contributed by atoms with Gasteiger partial charge in [0.15, 0.2) is 0 Å². The molecular formula is C25H22ClN5O3S. The van der Waals surface area contributed by atoms with Crippen molar-refractivity contribution in [1.29, 1.82) is 5.41 Å². The Kier molecular flexibility index (Phi) is 6.49. The Balaban J connectivity index is 1.66. The summed E-state index contributed by atoms with van der Waals surface area (Å²) in [5.74, 6) is -0.469. The maximum atomic E-state index is 13.2. The molecule has 0 spiro atoms. The molecule has 178 valence electrons. The summed E-state index contributed by atoms with van der Waals surface area (Å²) in [7, 11) is -3.93. The number of nitrogens with one attached hydrogen (secondary N) is 2. The lowest BCUT2D eigenvalue weighted by molar-refractivity contribution is 0.102. The predicted molar refractivity (Wildman–Crippen MR) is 138 cm³/mol. The number of primary sulfonamides is 1. The van der Waals surface area contributed by atoms with Gasteiger partial charge in [-0.1, -0.05) is 48.0 Å². The van der Waals surface area contributed by atoms with E-state index in [4.69, 9.17) is 27.9 Å². The Bertz CT molecular complexity index is 1580. The third-order valence-electron chi connectivity index (χ3n) is 5.35. The summed E-state index contributed by atoms with van der Waals surface area (Å²) in [4.78, 5) is 13.2. The molecule has 0 aliphatic carbocycles. The topological polar surface area (TPSA) is 144 Å². The number of sulfonamides is 1. The van der Waals surface area contributed by atoms with Gasteiger partial charge in [0.05, 0.1) is 15.6 Å². The monoisotopic (exact) mass is 507 g/mol. The zero-order valence-corrected chi connectivity index (χ0v) is 20.2. The van der Waals surface area contributed by atoms with E-state index in [0.717, 1.165) is 5.56 Å². The molecule has 0 saturated carbocycles. The van der Waals surface area contributed by atoms with Crippen LogP contribution in [0.2, 0.25) is 5.02 Å². The lowest BCUT2D eigenvalue weighted by atomic mass is 10.1. The Hall–Kier alpha value is -3.92. The Morgan fingerprint density at radius 3 is 2.46 bits per heavy atom. The largest absolute Gasteiger partial charge is 0.384 e. The highest BCUT2D eigenvalue weighted by molar-refractivity contribution is 7.89. The van der Waals surface area contributed by atoms with Crippen LogP contribution in [0, 0.1) is 12.3 Å². The Morgan fingerprint density at radius 2 is 1.77 bits per heavy atom. The fraction of sp³-hybridized carbons (Fsp3) is 0.0400. The summed E-state index contributed by atoms with van der Waals surface area (Å²) in [5.41, 5.74) is 9.36. The number of amidine groups is 1. The van der Waals surface area contributed by atoms with Crippen molar-refractivity contribution in [2.24, 2.45) is 10.9 Å². The number of amides is 1. The number of benzene rings is 3. The molecular weight excluding hydrogens is 486 g/mol. The maximum absolute atomic E-state index is 13.2. The number of carbonyl (C=O) groups is 1. The van der Waals surface area contributed by atoms with Crippen LogP contribution in [0.1, 0.15) is 21.6 Å². The van der Waals surface area contributed by atoms with Gasteiger partial charge in [-0.2, -0.15) is 0 Å². The van der Waals surface area contributed by atoms with E-state index < -0.39 is 15.9 Å². The number of nitrogens with zero attached hydrogens (tertiary/aromatic N) is 1. The third kappa shape index (κ3) is 5.12. The molecule has 3 aromatic carbocycles. The molecule has 0 atom stereocenters. The number of hydrogen-bond acceptors (Lipinski definition) is 4. The van der Waals surface area contributed by atoms with Gasteiger partial charge in [-0.05, 0) is 54.4 Å². The van der Waals surface area contributed by atoms with Crippen molar-refractivity contribution in [3.8, 4) is 16.8 Å². The molecule has 1 aromatic heterocycles. The van der Waals surface area contributed by atoms with Gasteiger partial charge in [0, 0.05) is 23.0 Å². The number of aromatic nitrogens is 1. The fourth-order valence-electron chi connectivity index (χ4n) is 3.73. The van der Waals surface area contributed by atoms with Gasteiger partial charge in [0.25, 0.3) is 5.91 Å². The highest BCUT2D eigenvalue weighted by Crippen LogP contribution is 2.32. The summed E-state index contributed by atoms with van der Waals surface area (Å²) in [5, 5.41) is 16.1. The number of hydrogen-bond donors (Lipinski definition) is 4. The number of nitrogens with two attached hydrogens (primary N) is 2. The van der Waals surface area contributed by atoms with E-state index in [1.807, 2.05) is 19.2 Å². The van der Waals surface area contributed by atoms with Crippen molar-refractivity contribution in [3.05, 3.63) is 101 Å². The number of rotatable bonds is 6. The lowest BCUT2D eigenvalue weighted by Crippen LogP contribution is -2.17. The molecule has 0 radical (unpaired) electrons. The molecule has 0 unspecified atom stereocenters. The molecule has 35 heavy (non-hydrogen) atoms. The molecule has 0 aliphatic rings. The second-order valence-corrected chi connectivity index (χ2v) is 9.86. The van der Waals surface area contributed by atoms with E-state index >= 15 is 0 Å². The average molecular weight is 508 g/mol. The molecule has 0 aliphatic heterocycles. The van der Waals surface area contributed by atoms with Crippen LogP contribution in [0.3, 0.4) is 0 Å². The van der Waals surface area contributed by atoms with E-state index in [0.29, 0.717) is 33.8 Å². The van der Waals surface area contributed by atoms with Crippen LogP contribution in [-0.2, 0) is 10.0 Å². The van der Waals surface area contributed by atoms with Gasteiger partial charge in [-0.3, -0.25) is 10.2 Å². The molecule has 8 nitrogen and oxygen atoms in total. The molecule has 0 bridgehead atoms. The maximum Gasteiger partial charge on any atom is 0.272 e. The van der Waals surface area contributed by atoms with Gasteiger partial charge < -0.3 is 15.6 Å². The van der Waals surface area contributed by atoms with E-state index in [1.165, 1.54) is 6.07 Å². The zero-order valence-electron chi connectivity index (χ0n) is 18.6. The number of nitrogen functional groups attached to an aromatic ring is 1. The van der Waals surface area contributed by atoms with E-state index in [-0.39, 0.29) is 15.8 Å². The van der Waals surface area contributed by atoms with E-state index in [2.05, 4.69) is 5.32 Å². The van der Waals surface area contributed by atoms with Crippen LogP contribution in [0.25, 0.3) is 16.8 Å². The van der Waals surface area contributed by atoms with Crippen LogP contribution in [0.15, 0.2) is 83.9 Å². The van der Waals surface area contributed by atoms with E-state index in [1.54, 1.807) is 65.2 Å². The van der Waals surface area contributed by atoms with Crippen molar-refractivity contribution >= 4 is 39.1 Å². The van der Waals surface area contributed by atoms with E-state index in [9.17, 15) is 13.2 Å². The van der Waals surface area contributed by atoms with Crippen molar-refractivity contribution < 1.29 is 13.2 Å². The smallest absolute Gasteiger partial charge is 0.272 e. The van der Waals surface area contributed by atoms with Crippen molar-refractivity contribution in [2.45, 2.75) is 11.8 Å². The summed E-state index contributed by atoms with van der Waals surface area (Å²) < 4.78 is 25.6. The summed E-state index contributed by atoms with van der Waals surface area (Å²) in [6.45, 7) is 1.87. The first-order chi connectivity index (χ1) is 16.5. The standard InChI is InChI=1S/C25H22ClN5O3S/c1-15-11-22(31(14-15)18-6-4-5-17(12-18)24(27)28)25(32)30-21-10-9-16(13-20(21)26)19-7-2-3-8-23(19)35(29,33)34/h2-14H,1H3,(H3,27,28)(H,30,32)(H2,29,33,34). The SMILES string of the molecule is Cc1cc(C(=O)Nc2ccc(-c3ccccc3S(N)(=O)=O)cc2Cl)n(-c2cccc(C(=N)N)c2)c1. The van der Waals surface area contributed by atoms with Gasteiger partial charge >= 0.3 is 0 Å². The zero-order chi connectivity index (χ0) is 25.3. The first-order valence-electron chi connectivity index (χ1n) is 10.4. The van der Waals surface area contributed by atoms with Gasteiger partial charge in [0.2, 0.25) is 10.0 Å². The highest BCUT2D eigenvalue weighted by atomic mass is 35.5.